The van der Waals surface area contributed by atoms with Gasteiger partial charge in [-0.2, -0.15) is 4.31 Å². The van der Waals surface area contributed by atoms with E-state index in [2.05, 4.69) is 6.92 Å². The number of carbonyl (C=O) groups excluding carboxylic acids is 1. The molecule has 1 aromatic carbocycles. The van der Waals surface area contributed by atoms with E-state index in [9.17, 15) is 13.2 Å². The number of carbonyl (C=O) groups is 1. The smallest absolute Gasteiger partial charge is 0.243 e. The molecule has 0 unspecified atom stereocenters. The van der Waals surface area contributed by atoms with Crippen LogP contribution in [0.3, 0.4) is 0 Å². The molecule has 0 N–H and O–H groups in total. The first-order valence-corrected chi connectivity index (χ1v) is 13.5. The number of aromatic nitrogens is 1. The molecule has 3 aliphatic heterocycles. The molecule has 0 saturated carbocycles. The zero-order valence-corrected chi connectivity index (χ0v) is 20.1. The highest BCUT2D eigenvalue weighted by Gasteiger charge is 2.40. The van der Waals surface area contributed by atoms with E-state index in [-0.39, 0.29) is 5.91 Å². The van der Waals surface area contributed by atoms with E-state index in [1.807, 2.05) is 27.8 Å². The maximum atomic E-state index is 13.1. The Hall–Kier alpha value is -1.94. The van der Waals surface area contributed by atoms with E-state index < -0.39 is 15.8 Å². The summed E-state index contributed by atoms with van der Waals surface area (Å²) >= 11 is 0. The molecule has 3 aliphatic rings. The maximum absolute atomic E-state index is 13.1. The Labute approximate surface area is 195 Å². The third-order valence-electron chi connectivity index (χ3n) is 7.38. The molecule has 3 saturated heterocycles. The van der Waals surface area contributed by atoms with Crippen molar-refractivity contribution in [2.75, 3.05) is 39.4 Å². The topological polar surface area (TPSA) is 81.1 Å². The summed E-state index contributed by atoms with van der Waals surface area (Å²) in [5.41, 5.74) is 0.944. The Kier molecular flexibility index (Phi) is 6.24. The van der Waals surface area contributed by atoms with Gasteiger partial charge >= 0.3 is 0 Å². The monoisotopic (exact) mass is 475 g/mol. The number of amides is 1. The van der Waals surface area contributed by atoms with Gasteiger partial charge in [-0.15, -0.1) is 0 Å². The van der Waals surface area contributed by atoms with Crippen molar-refractivity contribution in [2.24, 2.45) is 5.92 Å². The predicted octanol–water partition coefficient (Wildman–Crippen LogP) is 2.82. The van der Waals surface area contributed by atoms with Crippen LogP contribution in [0.5, 0.6) is 0 Å². The van der Waals surface area contributed by atoms with E-state index >= 15 is 0 Å². The van der Waals surface area contributed by atoms with E-state index in [0.29, 0.717) is 63.2 Å². The van der Waals surface area contributed by atoms with Crippen LogP contribution in [0.4, 0.5) is 0 Å². The number of aryl methyl sites for hydroxylation is 1. The lowest BCUT2D eigenvalue weighted by Gasteiger charge is -2.37. The van der Waals surface area contributed by atoms with Gasteiger partial charge in [0.1, 0.15) is 0 Å². The van der Waals surface area contributed by atoms with Gasteiger partial charge in [-0.3, -0.25) is 4.79 Å². The molecular formula is C24H33N3O5S. The first-order valence-electron chi connectivity index (χ1n) is 12.0. The Bertz CT molecular complexity index is 1100. The SMILES string of the molecule is CC1CCN(S(=O)(=O)c2ccc3c(ccn3CCC(=O)N3CCC4(CC3)OCCO4)c2)CC1. The molecule has 180 valence electrons. The zero-order valence-electron chi connectivity index (χ0n) is 19.2. The van der Waals surface area contributed by atoms with E-state index in [1.165, 1.54) is 0 Å². The largest absolute Gasteiger partial charge is 0.347 e. The molecule has 33 heavy (non-hydrogen) atoms. The van der Waals surface area contributed by atoms with E-state index in [1.54, 1.807) is 16.4 Å². The molecule has 5 rings (SSSR count). The molecule has 0 atom stereocenters. The summed E-state index contributed by atoms with van der Waals surface area (Å²) in [6.45, 7) is 6.48. The average molecular weight is 476 g/mol. The van der Waals surface area contributed by atoms with Crippen molar-refractivity contribution in [3.8, 4) is 0 Å². The minimum Gasteiger partial charge on any atom is -0.347 e. The lowest BCUT2D eigenvalue weighted by molar-refractivity contribution is -0.187. The normalized spacial score (nSPS) is 22.4. The molecule has 4 heterocycles. The van der Waals surface area contributed by atoms with Crippen LogP contribution in [-0.2, 0) is 30.8 Å². The second kappa shape index (κ2) is 9.02. The van der Waals surface area contributed by atoms with Gasteiger partial charge in [0.2, 0.25) is 15.9 Å². The minimum absolute atomic E-state index is 0.128. The lowest BCUT2D eigenvalue weighted by atomic mass is 10.0. The van der Waals surface area contributed by atoms with Gasteiger partial charge < -0.3 is 18.9 Å². The summed E-state index contributed by atoms with van der Waals surface area (Å²) in [6, 6.07) is 7.24. The van der Waals surface area contributed by atoms with Crippen LogP contribution in [0.1, 0.15) is 39.0 Å². The van der Waals surface area contributed by atoms with Crippen LogP contribution in [0.25, 0.3) is 10.9 Å². The average Bonchev–Trinajstić information content (AvgIpc) is 3.45. The van der Waals surface area contributed by atoms with Crippen molar-refractivity contribution in [2.45, 2.75) is 56.3 Å². The first kappa shape index (κ1) is 22.8. The summed E-state index contributed by atoms with van der Waals surface area (Å²) in [6.07, 6.45) is 5.59. The van der Waals surface area contributed by atoms with Crippen molar-refractivity contribution < 1.29 is 22.7 Å². The van der Waals surface area contributed by atoms with Crippen molar-refractivity contribution in [3.63, 3.8) is 0 Å². The fourth-order valence-electron chi connectivity index (χ4n) is 5.16. The Morgan fingerprint density at radius 1 is 1.06 bits per heavy atom. The summed E-state index contributed by atoms with van der Waals surface area (Å²) in [4.78, 5) is 15.0. The van der Waals surface area contributed by atoms with Crippen LogP contribution in [0, 0.1) is 5.92 Å². The molecule has 8 nitrogen and oxygen atoms in total. The molecule has 3 fully saturated rings. The first-order chi connectivity index (χ1) is 15.9. The summed E-state index contributed by atoms with van der Waals surface area (Å²) in [5.74, 6) is 0.229. The number of piperidine rings is 2. The van der Waals surface area contributed by atoms with Gasteiger partial charge in [0, 0.05) is 69.1 Å². The van der Waals surface area contributed by atoms with Gasteiger partial charge in [-0.25, -0.2) is 8.42 Å². The Morgan fingerprint density at radius 2 is 1.76 bits per heavy atom. The fraction of sp³-hybridized carbons (Fsp3) is 0.625. The van der Waals surface area contributed by atoms with Gasteiger partial charge in [0.05, 0.1) is 18.1 Å². The van der Waals surface area contributed by atoms with Crippen LogP contribution < -0.4 is 0 Å². The molecule has 1 spiro atoms. The number of ether oxygens (including phenoxy) is 2. The number of benzene rings is 1. The zero-order chi connectivity index (χ0) is 23.1. The second-order valence-electron chi connectivity index (χ2n) is 9.55. The van der Waals surface area contributed by atoms with E-state index in [4.69, 9.17) is 9.47 Å². The van der Waals surface area contributed by atoms with Crippen LogP contribution in [0.2, 0.25) is 0 Å². The van der Waals surface area contributed by atoms with Gasteiger partial charge in [0.25, 0.3) is 0 Å². The molecular weight excluding hydrogens is 442 g/mol. The third-order valence-corrected chi connectivity index (χ3v) is 9.28. The molecule has 0 bridgehead atoms. The van der Waals surface area contributed by atoms with Crippen molar-refractivity contribution >= 4 is 26.8 Å². The van der Waals surface area contributed by atoms with Gasteiger partial charge in [-0.05, 0) is 43.0 Å². The fourth-order valence-corrected chi connectivity index (χ4v) is 6.67. The molecule has 0 radical (unpaired) electrons. The highest BCUT2D eigenvalue weighted by Crippen LogP contribution is 2.31. The van der Waals surface area contributed by atoms with Gasteiger partial charge in [0.15, 0.2) is 5.79 Å². The number of hydrogen-bond donors (Lipinski definition) is 0. The van der Waals surface area contributed by atoms with Crippen molar-refractivity contribution in [3.05, 3.63) is 30.5 Å². The number of nitrogens with zero attached hydrogens (tertiary/aromatic N) is 3. The molecule has 9 heteroatoms. The number of fused-ring (bicyclic) bond motifs is 1. The standard InChI is InChI=1S/C24H33N3O5S/c1-19-4-12-27(13-5-19)33(29,30)21-2-3-22-20(18-21)6-10-25(22)11-7-23(28)26-14-8-24(9-15-26)31-16-17-32-24/h2-3,6,10,18-19H,4-5,7-9,11-17H2,1H3. The number of rotatable bonds is 5. The van der Waals surface area contributed by atoms with Crippen molar-refractivity contribution in [1.82, 2.24) is 13.8 Å². The van der Waals surface area contributed by atoms with E-state index in [0.717, 1.165) is 36.6 Å². The lowest BCUT2D eigenvalue weighted by Crippen LogP contribution is -2.47. The number of sulfonamides is 1. The number of likely N-dealkylation sites (tertiary alicyclic amines) is 1. The third kappa shape index (κ3) is 4.56. The molecule has 1 amide bonds. The minimum atomic E-state index is -3.47. The predicted molar refractivity (Wildman–Crippen MR) is 124 cm³/mol. The van der Waals surface area contributed by atoms with Crippen LogP contribution >= 0.6 is 0 Å². The number of hydrogen-bond acceptors (Lipinski definition) is 5. The summed E-state index contributed by atoms with van der Waals surface area (Å²) in [5, 5.41) is 0.879. The Balaban J connectivity index is 1.22. The van der Waals surface area contributed by atoms with Crippen molar-refractivity contribution in [1.29, 1.82) is 0 Å². The van der Waals surface area contributed by atoms with Crippen LogP contribution in [0.15, 0.2) is 35.4 Å². The Morgan fingerprint density at radius 3 is 2.45 bits per heavy atom. The van der Waals surface area contributed by atoms with Crippen LogP contribution in [-0.4, -0.2) is 73.3 Å². The molecule has 1 aromatic heterocycles. The quantitative estimate of drug-likeness (QED) is 0.664. The highest BCUT2D eigenvalue weighted by molar-refractivity contribution is 7.89. The second-order valence-corrected chi connectivity index (χ2v) is 11.5. The van der Waals surface area contributed by atoms with Gasteiger partial charge in [-0.1, -0.05) is 6.92 Å². The molecule has 2 aromatic rings. The maximum Gasteiger partial charge on any atom is 0.243 e. The summed E-state index contributed by atoms with van der Waals surface area (Å²) < 4.78 is 41.3. The molecule has 0 aliphatic carbocycles. The summed E-state index contributed by atoms with van der Waals surface area (Å²) in [7, 11) is -3.47. The highest BCUT2D eigenvalue weighted by atomic mass is 32.2.